The maximum Gasteiger partial charge on any atom is 0.387 e. The van der Waals surface area contributed by atoms with Crippen molar-refractivity contribution in [2.45, 2.75) is 25.0 Å². The molecule has 0 saturated heterocycles. The Morgan fingerprint density at radius 2 is 1.95 bits per heavy atom. The first kappa shape index (κ1) is 24.6. The summed E-state index contributed by atoms with van der Waals surface area (Å²) in [6.07, 6.45) is 4.18. The van der Waals surface area contributed by atoms with Gasteiger partial charge in [0.2, 0.25) is 5.88 Å². The number of hydrogen-bond acceptors (Lipinski definition) is 6. The lowest BCUT2D eigenvalue weighted by Gasteiger charge is -2.23. The predicted octanol–water partition coefficient (Wildman–Crippen LogP) is 5.62. The van der Waals surface area contributed by atoms with Crippen LogP contribution in [0.25, 0.3) is 16.6 Å². The fourth-order valence-corrected chi connectivity index (χ4v) is 5.84. The second-order valence-corrected chi connectivity index (χ2v) is 13.5. The number of ether oxygens (including phenoxy) is 2. The number of carbonyl (C=O) groups excluding carboxylic acids is 1. The zero-order chi connectivity index (χ0) is 26.8. The maximum atomic E-state index is 13.3. The molecule has 0 fully saturated rings. The average Bonchev–Trinajstić information content (AvgIpc) is 3.40. The van der Waals surface area contributed by atoms with Crippen LogP contribution in [-0.2, 0) is 4.57 Å². The van der Waals surface area contributed by atoms with Gasteiger partial charge in [0.05, 0.1) is 17.3 Å². The Balaban J connectivity index is 1.44. The van der Waals surface area contributed by atoms with Crippen LogP contribution in [0, 0.1) is 0 Å². The molecule has 1 aliphatic carbocycles. The van der Waals surface area contributed by atoms with E-state index < -0.39 is 13.8 Å². The van der Waals surface area contributed by atoms with E-state index in [1.54, 1.807) is 54.2 Å². The summed E-state index contributed by atoms with van der Waals surface area (Å²) in [6.45, 7) is 0.309. The Hall–Kier alpha value is -3.78. The molecule has 1 aliphatic heterocycles. The number of pyridine rings is 2. The van der Waals surface area contributed by atoms with Gasteiger partial charge in [-0.25, -0.2) is 9.50 Å². The van der Waals surface area contributed by atoms with Gasteiger partial charge in [-0.15, -0.1) is 0 Å². The highest BCUT2D eigenvalue weighted by Gasteiger charge is 2.46. The molecule has 0 saturated carbocycles. The number of amides is 1. The SMILES string of the molecule is CN1C(=O)c2cccc(OC(F)F)c2C2CC1c1nn3ccc(-c4ccc(OCP(C)(C)=O)nc4)cc3c12. The fraction of sp³-hybridized carbons (Fsp3) is 0.296. The van der Waals surface area contributed by atoms with Gasteiger partial charge in [-0.05, 0) is 55.6 Å². The van der Waals surface area contributed by atoms with Gasteiger partial charge in [-0.1, -0.05) is 6.07 Å². The standard InChI is InChI=1S/C27H25F2N4O4P/c1-32-20-12-18(23-17(26(32)34)5-4-6-21(23)37-27(28)29)24-19-11-15(9-10-33(19)31-25(20)24)16-7-8-22(30-13-16)36-14-38(2,3)35/h4-11,13,18,20,27H,12,14H2,1-3H3. The molecule has 0 spiro atoms. The molecule has 0 N–H and O–H groups in total. The van der Waals surface area contributed by atoms with Crippen molar-refractivity contribution >= 4 is 18.6 Å². The summed E-state index contributed by atoms with van der Waals surface area (Å²) in [7, 11) is -0.614. The molecule has 1 amide bonds. The molecule has 38 heavy (non-hydrogen) atoms. The molecule has 4 aromatic rings. The second-order valence-electron chi connectivity index (χ2n) is 10.1. The summed E-state index contributed by atoms with van der Waals surface area (Å²) in [4.78, 5) is 19.3. The van der Waals surface area contributed by atoms with Gasteiger partial charge in [0.1, 0.15) is 19.2 Å². The smallest absolute Gasteiger partial charge is 0.387 e. The summed E-state index contributed by atoms with van der Waals surface area (Å²) in [5, 5.41) is 4.79. The molecular formula is C27H25F2N4O4P. The quantitative estimate of drug-likeness (QED) is 0.296. The van der Waals surface area contributed by atoms with Crippen LogP contribution in [0.1, 0.15) is 45.6 Å². The Labute approximate surface area is 217 Å². The van der Waals surface area contributed by atoms with Crippen LogP contribution in [0.4, 0.5) is 8.78 Å². The molecule has 8 nitrogen and oxygen atoms in total. The number of fused-ring (bicyclic) bond motifs is 9. The van der Waals surface area contributed by atoms with E-state index in [0.29, 0.717) is 23.4 Å². The molecule has 2 unspecified atom stereocenters. The van der Waals surface area contributed by atoms with E-state index >= 15 is 0 Å². The van der Waals surface area contributed by atoms with Crippen molar-refractivity contribution in [3.05, 3.63) is 77.2 Å². The second kappa shape index (κ2) is 8.91. The average molecular weight is 538 g/mol. The Kier molecular flexibility index (Phi) is 5.76. The lowest BCUT2D eigenvalue weighted by molar-refractivity contribution is -0.0505. The summed E-state index contributed by atoms with van der Waals surface area (Å²) >= 11 is 0. The molecule has 1 aromatic carbocycles. The number of aromatic nitrogens is 3. The zero-order valence-corrected chi connectivity index (χ0v) is 21.9. The molecule has 2 aliphatic rings. The fourth-order valence-electron chi connectivity index (χ4n) is 5.40. The van der Waals surface area contributed by atoms with Crippen LogP contribution in [0.15, 0.2) is 54.9 Å². The van der Waals surface area contributed by atoms with Gasteiger partial charge < -0.3 is 18.9 Å². The van der Waals surface area contributed by atoms with Gasteiger partial charge in [-0.2, -0.15) is 13.9 Å². The lowest BCUT2D eigenvalue weighted by Crippen LogP contribution is -2.30. The summed E-state index contributed by atoms with van der Waals surface area (Å²) < 4.78 is 50.7. The number of alkyl halides is 2. The summed E-state index contributed by atoms with van der Waals surface area (Å²) in [5.41, 5.74) is 5.05. The van der Waals surface area contributed by atoms with Crippen LogP contribution in [0.3, 0.4) is 0 Å². The highest BCUT2D eigenvalue weighted by Crippen LogP contribution is 2.53. The van der Waals surface area contributed by atoms with Crippen molar-refractivity contribution in [1.82, 2.24) is 19.5 Å². The number of nitrogens with zero attached hydrogens (tertiary/aromatic N) is 4. The third kappa shape index (κ3) is 4.13. The topological polar surface area (TPSA) is 86.0 Å². The van der Waals surface area contributed by atoms with Crippen LogP contribution >= 0.6 is 7.14 Å². The molecule has 2 atom stereocenters. The largest absolute Gasteiger partial charge is 0.470 e. The highest BCUT2D eigenvalue weighted by molar-refractivity contribution is 7.62. The van der Waals surface area contributed by atoms with E-state index in [1.165, 1.54) is 6.07 Å². The molecule has 3 aromatic heterocycles. The predicted molar refractivity (Wildman–Crippen MR) is 138 cm³/mol. The van der Waals surface area contributed by atoms with E-state index in [2.05, 4.69) is 4.98 Å². The van der Waals surface area contributed by atoms with Crippen LogP contribution < -0.4 is 9.47 Å². The minimum atomic E-state index is -3.01. The van der Waals surface area contributed by atoms with Crippen molar-refractivity contribution in [3.63, 3.8) is 0 Å². The minimum absolute atomic E-state index is 0.0109. The van der Waals surface area contributed by atoms with Crippen molar-refractivity contribution < 1.29 is 27.6 Å². The van der Waals surface area contributed by atoms with Crippen LogP contribution in [0.2, 0.25) is 0 Å². The van der Waals surface area contributed by atoms with Gasteiger partial charge in [0.25, 0.3) is 5.91 Å². The molecular weight excluding hydrogens is 513 g/mol. The third-order valence-corrected chi connectivity index (χ3v) is 7.82. The zero-order valence-electron chi connectivity index (χ0n) is 21.0. The highest BCUT2D eigenvalue weighted by atomic mass is 31.2. The number of halogens is 2. The molecule has 4 heterocycles. The van der Waals surface area contributed by atoms with Gasteiger partial charge in [0, 0.05) is 53.7 Å². The van der Waals surface area contributed by atoms with E-state index in [-0.39, 0.29) is 30.0 Å². The molecule has 196 valence electrons. The number of hydrogen-bond donors (Lipinski definition) is 0. The number of carbonyl (C=O) groups is 1. The molecule has 2 bridgehead atoms. The van der Waals surface area contributed by atoms with Crippen molar-refractivity contribution in [3.8, 4) is 22.8 Å². The van der Waals surface area contributed by atoms with E-state index in [0.717, 1.165) is 27.9 Å². The summed E-state index contributed by atoms with van der Waals surface area (Å²) in [5.74, 6) is -0.178. The van der Waals surface area contributed by atoms with Crippen LogP contribution in [0.5, 0.6) is 11.6 Å². The Morgan fingerprint density at radius 3 is 2.66 bits per heavy atom. The lowest BCUT2D eigenvalue weighted by atomic mass is 9.88. The van der Waals surface area contributed by atoms with Gasteiger partial charge in [-0.3, -0.25) is 4.79 Å². The van der Waals surface area contributed by atoms with E-state index in [4.69, 9.17) is 14.6 Å². The molecule has 0 radical (unpaired) electrons. The normalized spacial score (nSPS) is 18.5. The van der Waals surface area contributed by atoms with E-state index in [1.807, 2.05) is 24.4 Å². The first-order valence-electron chi connectivity index (χ1n) is 12.1. The minimum Gasteiger partial charge on any atom is -0.470 e. The first-order chi connectivity index (χ1) is 18.1. The number of benzene rings is 1. The Morgan fingerprint density at radius 1 is 1.13 bits per heavy atom. The molecule has 6 rings (SSSR count). The van der Waals surface area contributed by atoms with Crippen molar-refractivity contribution in [1.29, 1.82) is 0 Å². The first-order valence-corrected chi connectivity index (χ1v) is 14.9. The number of rotatable bonds is 6. The van der Waals surface area contributed by atoms with Crippen molar-refractivity contribution in [2.24, 2.45) is 0 Å². The third-order valence-electron chi connectivity index (χ3n) is 7.07. The van der Waals surface area contributed by atoms with Gasteiger partial charge >= 0.3 is 6.61 Å². The van der Waals surface area contributed by atoms with E-state index in [9.17, 15) is 18.1 Å². The monoisotopic (exact) mass is 538 g/mol. The van der Waals surface area contributed by atoms with Crippen molar-refractivity contribution in [2.75, 3.05) is 26.7 Å². The molecule has 11 heteroatoms. The van der Waals surface area contributed by atoms with Gasteiger partial charge in [0.15, 0.2) is 0 Å². The van der Waals surface area contributed by atoms with Crippen LogP contribution in [-0.4, -0.2) is 58.7 Å². The maximum absolute atomic E-state index is 13.3. The Bertz CT molecular complexity index is 1620. The summed E-state index contributed by atoms with van der Waals surface area (Å²) in [6, 6.07) is 11.9.